The maximum Gasteiger partial charge on any atom is 0.329 e. The lowest BCUT2D eigenvalue weighted by atomic mass is 10.2. The summed E-state index contributed by atoms with van der Waals surface area (Å²) in [7, 11) is 0. The molecule has 1 aliphatic rings. The Balaban J connectivity index is 1.90. The second-order valence-electron chi connectivity index (χ2n) is 4.24. The number of aliphatic carboxylic acids is 1. The predicted molar refractivity (Wildman–Crippen MR) is 61.0 cm³/mol. The second-order valence-corrected chi connectivity index (χ2v) is 4.24. The molecule has 0 saturated carbocycles. The number of hydrogen-bond donors (Lipinski definition) is 0. The molecule has 0 aliphatic carbocycles. The first-order valence-electron chi connectivity index (χ1n) is 5.89. The van der Waals surface area contributed by atoms with E-state index >= 15 is 0 Å². The molecule has 1 saturated heterocycles. The van der Waals surface area contributed by atoms with E-state index in [1.165, 1.54) is 5.06 Å². The summed E-state index contributed by atoms with van der Waals surface area (Å²) < 4.78 is 0. The van der Waals surface area contributed by atoms with E-state index in [-0.39, 0.29) is 6.42 Å². The lowest BCUT2D eigenvalue weighted by Crippen LogP contribution is -2.45. The highest BCUT2D eigenvalue weighted by Crippen LogP contribution is 2.17. The number of hydrogen-bond acceptors (Lipinski definition) is 5. The molecule has 0 spiro atoms. The van der Waals surface area contributed by atoms with E-state index in [4.69, 9.17) is 4.84 Å². The van der Waals surface area contributed by atoms with E-state index in [9.17, 15) is 14.7 Å². The minimum Gasteiger partial charge on any atom is -0.548 e. The summed E-state index contributed by atoms with van der Waals surface area (Å²) in [5.74, 6) is -1.64. The maximum atomic E-state index is 11.7. The minimum atomic E-state index is -1.19. The highest BCUT2D eigenvalue weighted by Gasteiger charge is 2.28. The van der Waals surface area contributed by atoms with Crippen molar-refractivity contribution in [2.24, 2.45) is 0 Å². The smallest absolute Gasteiger partial charge is 0.329 e. The molecule has 18 heavy (non-hydrogen) atoms. The zero-order chi connectivity index (χ0) is 13.0. The average molecular weight is 248 g/mol. The Labute approximate surface area is 105 Å². The van der Waals surface area contributed by atoms with Crippen molar-refractivity contribution in [2.45, 2.75) is 25.3 Å². The molecule has 0 amide bonds. The molecule has 0 N–H and O–H groups in total. The summed E-state index contributed by atoms with van der Waals surface area (Å²) in [6, 6.07) is 8.36. The van der Waals surface area contributed by atoms with Gasteiger partial charge in [-0.2, -0.15) is 0 Å². The van der Waals surface area contributed by atoms with E-state index in [1.807, 2.05) is 30.3 Å². The number of hydroxylamine groups is 2. The third kappa shape index (κ3) is 3.07. The second kappa shape index (κ2) is 5.64. The molecule has 5 nitrogen and oxygen atoms in total. The molecule has 5 heteroatoms. The van der Waals surface area contributed by atoms with E-state index in [1.54, 1.807) is 0 Å². The summed E-state index contributed by atoms with van der Waals surface area (Å²) in [5.41, 5.74) is 0.840. The molecule has 0 radical (unpaired) electrons. The predicted octanol–water partition coefficient (Wildman–Crippen LogP) is -0.0984. The fourth-order valence-electron chi connectivity index (χ4n) is 2.01. The van der Waals surface area contributed by atoms with Crippen LogP contribution in [-0.4, -0.2) is 29.6 Å². The molecular weight excluding hydrogens is 234 g/mol. The van der Waals surface area contributed by atoms with Gasteiger partial charge < -0.3 is 14.7 Å². The van der Waals surface area contributed by atoms with E-state index in [2.05, 4.69) is 0 Å². The van der Waals surface area contributed by atoms with Gasteiger partial charge in [-0.15, -0.1) is 5.06 Å². The van der Waals surface area contributed by atoms with Gasteiger partial charge in [0.2, 0.25) is 0 Å². The third-order valence-electron chi connectivity index (χ3n) is 2.89. The van der Waals surface area contributed by atoms with Gasteiger partial charge in [0.15, 0.2) is 0 Å². The number of carbonyl (C=O) groups excluding carboxylic acids is 2. The van der Waals surface area contributed by atoms with Crippen molar-refractivity contribution < 1.29 is 19.5 Å². The topological polar surface area (TPSA) is 69.7 Å². The molecule has 1 fully saturated rings. The number of carboxylic acids is 1. The number of carbonyl (C=O) groups is 2. The van der Waals surface area contributed by atoms with Crippen LogP contribution in [0.2, 0.25) is 0 Å². The quantitative estimate of drug-likeness (QED) is 0.744. The molecule has 1 atom stereocenters. The Morgan fingerprint density at radius 3 is 2.72 bits per heavy atom. The Morgan fingerprint density at radius 2 is 2.06 bits per heavy atom. The number of carboxylic acid groups (broad SMARTS) is 1. The summed E-state index contributed by atoms with van der Waals surface area (Å²) in [6.07, 6.45) is 1.29. The Bertz CT molecular complexity index is 432. The largest absolute Gasteiger partial charge is 0.548 e. The zero-order valence-corrected chi connectivity index (χ0v) is 9.87. The van der Waals surface area contributed by atoms with Crippen LogP contribution in [0.3, 0.4) is 0 Å². The first-order chi connectivity index (χ1) is 8.66. The van der Waals surface area contributed by atoms with E-state index < -0.39 is 18.0 Å². The monoisotopic (exact) mass is 248 g/mol. The summed E-state index contributed by atoms with van der Waals surface area (Å²) in [6.45, 7) is 0.444. The summed E-state index contributed by atoms with van der Waals surface area (Å²) in [5, 5.41) is 12.0. The lowest BCUT2D eigenvalue weighted by Gasteiger charge is -2.23. The van der Waals surface area contributed by atoms with Crippen molar-refractivity contribution >= 4 is 11.9 Å². The van der Waals surface area contributed by atoms with Gasteiger partial charge in [-0.25, -0.2) is 4.79 Å². The van der Waals surface area contributed by atoms with Crippen molar-refractivity contribution in [3.8, 4) is 0 Å². The summed E-state index contributed by atoms with van der Waals surface area (Å²) in [4.78, 5) is 27.5. The van der Waals surface area contributed by atoms with Crippen LogP contribution in [0.4, 0.5) is 0 Å². The van der Waals surface area contributed by atoms with Crippen LogP contribution >= 0.6 is 0 Å². The molecule has 1 aliphatic heterocycles. The van der Waals surface area contributed by atoms with Gasteiger partial charge in [0.05, 0.1) is 18.4 Å². The molecular formula is C13H14NO4-. The highest BCUT2D eigenvalue weighted by atomic mass is 16.7. The summed E-state index contributed by atoms with van der Waals surface area (Å²) >= 11 is 0. The lowest BCUT2D eigenvalue weighted by molar-refractivity contribution is -0.317. The normalized spacial score (nSPS) is 19.7. The van der Waals surface area contributed by atoms with Crippen LogP contribution in [0, 0.1) is 0 Å². The Hall–Kier alpha value is -1.88. The van der Waals surface area contributed by atoms with Crippen LogP contribution in [0.1, 0.15) is 18.4 Å². The van der Waals surface area contributed by atoms with Crippen LogP contribution in [-0.2, 0) is 20.8 Å². The van der Waals surface area contributed by atoms with E-state index in [0.717, 1.165) is 5.56 Å². The first kappa shape index (κ1) is 12.6. The van der Waals surface area contributed by atoms with Crippen molar-refractivity contribution in [3.63, 3.8) is 0 Å². The van der Waals surface area contributed by atoms with Gasteiger partial charge in [-0.3, -0.25) is 0 Å². The van der Waals surface area contributed by atoms with Crippen molar-refractivity contribution in [2.75, 3.05) is 6.54 Å². The van der Waals surface area contributed by atoms with Crippen LogP contribution in [0.25, 0.3) is 0 Å². The number of nitrogens with zero attached hydrogens (tertiary/aromatic N) is 1. The Kier molecular flexibility index (Phi) is 3.94. The van der Waals surface area contributed by atoms with Gasteiger partial charge >= 0.3 is 5.97 Å². The Morgan fingerprint density at radius 1 is 1.33 bits per heavy atom. The van der Waals surface area contributed by atoms with Crippen LogP contribution in [0.15, 0.2) is 30.3 Å². The molecule has 0 unspecified atom stereocenters. The third-order valence-corrected chi connectivity index (χ3v) is 2.89. The van der Waals surface area contributed by atoms with Crippen molar-refractivity contribution in [3.05, 3.63) is 35.9 Å². The molecule has 1 aromatic rings. The van der Waals surface area contributed by atoms with Gasteiger partial charge in [-0.1, -0.05) is 30.3 Å². The van der Waals surface area contributed by atoms with Crippen molar-refractivity contribution in [1.29, 1.82) is 0 Å². The van der Waals surface area contributed by atoms with Gasteiger partial charge in [0, 0.05) is 6.54 Å². The standard InChI is InChI=1S/C13H15NO4/c15-12(9-10-5-2-1-3-6-10)18-14-8-4-7-11(14)13(16)17/h1-3,5-6,11H,4,7-9H2,(H,16,17)/p-1/t11-/m1/s1. The molecule has 96 valence electrons. The van der Waals surface area contributed by atoms with Gasteiger partial charge in [0.1, 0.15) is 0 Å². The molecule has 1 heterocycles. The van der Waals surface area contributed by atoms with E-state index in [0.29, 0.717) is 19.4 Å². The van der Waals surface area contributed by atoms with Gasteiger partial charge in [-0.05, 0) is 18.4 Å². The maximum absolute atomic E-state index is 11.7. The fraction of sp³-hybridized carbons (Fsp3) is 0.385. The molecule has 1 aromatic carbocycles. The van der Waals surface area contributed by atoms with Crippen molar-refractivity contribution in [1.82, 2.24) is 5.06 Å². The number of benzene rings is 1. The average Bonchev–Trinajstić information content (AvgIpc) is 2.78. The highest BCUT2D eigenvalue weighted by molar-refractivity contribution is 5.74. The van der Waals surface area contributed by atoms with Crippen LogP contribution in [0.5, 0.6) is 0 Å². The first-order valence-corrected chi connectivity index (χ1v) is 5.89. The van der Waals surface area contributed by atoms with Gasteiger partial charge in [0.25, 0.3) is 0 Å². The minimum absolute atomic E-state index is 0.136. The zero-order valence-electron chi connectivity index (χ0n) is 9.87. The fourth-order valence-corrected chi connectivity index (χ4v) is 2.01. The molecule has 0 bridgehead atoms. The number of rotatable bonds is 4. The van der Waals surface area contributed by atoms with Crippen LogP contribution < -0.4 is 5.11 Å². The SMILES string of the molecule is O=C(Cc1ccccc1)ON1CCC[C@@H]1C(=O)[O-]. The molecule has 2 rings (SSSR count). The molecule has 0 aromatic heterocycles.